The van der Waals surface area contributed by atoms with Crippen molar-refractivity contribution in [3.63, 3.8) is 0 Å². The summed E-state index contributed by atoms with van der Waals surface area (Å²) in [5.41, 5.74) is 0.0675. The first-order valence-electron chi connectivity index (χ1n) is 5.74. The lowest BCUT2D eigenvalue weighted by molar-refractivity contribution is 0.0923. The van der Waals surface area contributed by atoms with E-state index < -0.39 is 0 Å². The molecule has 2 fully saturated rings. The molecule has 0 aromatic rings. The van der Waals surface area contributed by atoms with Crippen LogP contribution in [0.1, 0.15) is 39.0 Å². The van der Waals surface area contributed by atoms with Crippen molar-refractivity contribution in [1.82, 2.24) is 5.32 Å². The highest BCUT2D eigenvalue weighted by atomic mass is 16.5. The Kier molecular flexibility index (Phi) is 3.10. The summed E-state index contributed by atoms with van der Waals surface area (Å²) in [4.78, 5) is 0. The van der Waals surface area contributed by atoms with Crippen LogP contribution in [0.5, 0.6) is 0 Å². The predicted octanol–water partition coefficient (Wildman–Crippen LogP) is 1.06. The first-order chi connectivity index (χ1) is 6.74. The second kappa shape index (κ2) is 4.17. The van der Waals surface area contributed by atoms with Crippen LogP contribution in [-0.2, 0) is 4.74 Å². The lowest BCUT2D eigenvalue weighted by Crippen LogP contribution is -2.42. The van der Waals surface area contributed by atoms with Crippen LogP contribution in [0.2, 0.25) is 0 Å². The van der Waals surface area contributed by atoms with Crippen molar-refractivity contribution in [2.45, 2.75) is 56.7 Å². The fraction of sp³-hybridized carbons (Fsp3) is 1.00. The number of aliphatic hydroxyl groups excluding tert-OH is 1. The van der Waals surface area contributed by atoms with E-state index in [1.807, 2.05) is 0 Å². The van der Waals surface area contributed by atoms with Crippen LogP contribution >= 0.6 is 0 Å². The molecule has 0 amide bonds. The van der Waals surface area contributed by atoms with Gasteiger partial charge in [0.25, 0.3) is 0 Å². The molecule has 2 unspecified atom stereocenters. The Morgan fingerprint density at radius 2 is 2.36 bits per heavy atom. The lowest BCUT2D eigenvalue weighted by Gasteiger charge is -2.23. The zero-order chi connectivity index (χ0) is 10.0. The van der Waals surface area contributed by atoms with Gasteiger partial charge in [0.1, 0.15) is 0 Å². The van der Waals surface area contributed by atoms with Gasteiger partial charge < -0.3 is 15.2 Å². The van der Waals surface area contributed by atoms with Crippen LogP contribution in [0.25, 0.3) is 0 Å². The zero-order valence-electron chi connectivity index (χ0n) is 8.96. The maximum absolute atomic E-state index is 9.17. The van der Waals surface area contributed by atoms with E-state index in [-0.39, 0.29) is 12.1 Å². The Bertz CT molecular complexity index is 186. The van der Waals surface area contributed by atoms with E-state index in [0.29, 0.717) is 12.1 Å². The topological polar surface area (TPSA) is 41.5 Å². The maximum Gasteiger partial charge on any atom is 0.0613 e. The molecule has 14 heavy (non-hydrogen) atoms. The minimum Gasteiger partial charge on any atom is -0.394 e. The van der Waals surface area contributed by atoms with E-state index in [2.05, 4.69) is 12.2 Å². The third-order valence-electron chi connectivity index (χ3n) is 3.35. The highest BCUT2D eigenvalue weighted by Gasteiger charge is 2.42. The van der Waals surface area contributed by atoms with Crippen LogP contribution in [0.3, 0.4) is 0 Å². The van der Waals surface area contributed by atoms with Crippen molar-refractivity contribution < 1.29 is 9.84 Å². The summed E-state index contributed by atoms with van der Waals surface area (Å²) in [5.74, 6) is 0. The number of aliphatic hydroxyl groups is 1. The highest BCUT2D eigenvalue weighted by molar-refractivity contribution is 5.02. The van der Waals surface area contributed by atoms with Gasteiger partial charge in [-0.15, -0.1) is 0 Å². The summed E-state index contributed by atoms with van der Waals surface area (Å²) in [6.07, 6.45) is 6.20. The van der Waals surface area contributed by atoms with Gasteiger partial charge in [-0.25, -0.2) is 0 Å². The standard InChI is InChI=1S/C11H21NO2/c1-9(7-10-3-2-6-14-10)12-11(8-13)4-5-11/h9-10,12-13H,2-8H2,1H3. The molecule has 2 N–H and O–H groups in total. The minimum atomic E-state index is 0.0675. The van der Waals surface area contributed by atoms with E-state index in [4.69, 9.17) is 4.74 Å². The van der Waals surface area contributed by atoms with Gasteiger partial charge >= 0.3 is 0 Å². The first kappa shape index (κ1) is 10.4. The van der Waals surface area contributed by atoms with Crippen molar-refractivity contribution in [1.29, 1.82) is 0 Å². The van der Waals surface area contributed by atoms with Gasteiger partial charge in [-0.05, 0) is 39.0 Å². The van der Waals surface area contributed by atoms with Gasteiger partial charge in [-0.3, -0.25) is 0 Å². The molecule has 1 heterocycles. The van der Waals surface area contributed by atoms with Crippen LogP contribution in [-0.4, -0.2) is 36.0 Å². The smallest absolute Gasteiger partial charge is 0.0613 e. The van der Waals surface area contributed by atoms with Crippen LogP contribution in [0.4, 0.5) is 0 Å². The Morgan fingerprint density at radius 1 is 1.57 bits per heavy atom. The van der Waals surface area contributed by atoms with Gasteiger partial charge in [0.15, 0.2) is 0 Å². The lowest BCUT2D eigenvalue weighted by atomic mass is 10.1. The molecule has 1 aliphatic carbocycles. The van der Waals surface area contributed by atoms with Gasteiger partial charge in [-0.2, -0.15) is 0 Å². The summed E-state index contributed by atoms with van der Waals surface area (Å²) in [5, 5.41) is 12.7. The molecule has 82 valence electrons. The quantitative estimate of drug-likeness (QED) is 0.695. The van der Waals surface area contributed by atoms with Gasteiger partial charge in [0.05, 0.1) is 12.7 Å². The average molecular weight is 199 g/mol. The SMILES string of the molecule is CC(CC1CCCO1)NC1(CO)CC1. The van der Waals surface area contributed by atoms with Crippen LogP contribution in [0, 0.1) is 0 Å². The molecule has 3 heteroatoms. The van der Waals surface area contributed by atoms with Crippen molar-refractivity contribution >= 4 is 0 Å². The highest BCUT2D eigenvalue weighted by Crippen LogP contribution is 2.35. The molecule has 2 aliphatic rings. The fourth-order valence-corrected chi connectivity index (χ4v) is 2.31. The number of ether oxygens (including phenoxy) is 1. The molecule has 1 saturated carbocycles. The van der Waals surface area contributed by atoms with E-state index in [0.717, 1.165) is 25.9 Å². The second-order valence-electron chi connectivity index (χ2n) is 4.85. The third-order valence-corrected chi connectivity index (χ3v) is 3.35. The van der Waals surface area contributed by atoms with Gasteiger partial charge in [0.2, 0.25) is 0 Å². The minimum absolute atomic E-state index is 0.0675. The molecule has 1 aliphatic heterocycles. The van der Waals surface area contributed by atoms with E-state index in [9.17, 15) is 5.11 Å². The summed E-state index contributed by atoms with van der Waals surface area (Å²) in [6.45, 7) is 3.41. The van der Waals surface area contributed by atoms with E-state index >= 15 is 0 Å². The molecule has 0 aromatic heterocycles. The second-order valence-corrected chi connectivity index (χ2v) is 4.85. The normalized spacial score (nSPS) is 31.7. The molecular formula is C11H21NO2. The van der Waals surface area contributed by atoms with E-state index in [1.54, 1.807) is 0 Å². The molecule has 3 nitrogen and oxygen atoms in total. The van der Waals surface area contributed by atoms with Crippen molar-refractivity contribution in [3.05, 3.63) is 0 Å². The largest absolute Gasteiger partial charge is 0.394 e. The molecule has 1 saturated heterocycles. The van der Waals surface area contributed by atoms with Crippen LogP contribution in [0.15, 0.2) is 0 Å². The Morgan fingerprint density at radius 3 is 2.86 bits per heavy atom. The van der Waals surface area contributed by atoms with Crippen molar-refractivity contribution in [3.8, 4) is 0 Å². The molecule has 0 radical (unpaired) electrons. The summed E-state index contributed by atoms with van der Waals surface area (Å²) < 4.78 is 5.59. The molecular weight excluding hydrogens is 178 g/mol. The summed E-state index contributed by atoms with van der Waals surface area (Å²) in [7, 11) is 0. The fourth-order valence-electron chi connectivity index (χ4n) is 2.31. The maximum atomic E-state index is 9.17. The number of nitrogens with one attached hydrogen (secondary N) is 1. The molecule has 0 spiro atoms. The first-order valence-corrected chi connectivity index (χ1v) is 5.74. The molecule has 2 rings (SSSR count). The zero-order valence-corrected chi connectivity index (χ0v) is 8.96. The number of rotatable bonds is 5. The Labute approximate surface area is 85.8 Å². The van der Waals surface area contributed by atoms with E-state index in [1.165, 1.54) is 12.8 Å². The molecule has 2 atom stereocenters. The molecule has 0 aromatic carbocycles. The average Bonchev–Trinajstić information content (AvgIpc) is 2.74. The molecule has 0 bridgehead atoms. The predicted molar refractivity (Wildman–Crippen MR) is 55.2 cm³/mol. The Hall–Kier alpha value is -0.120. The monoisotopic (exact) mass is 199 g/mol. The number of hydrogen-bond acceptors (Lipinski definition) is 3. The van der Waals surface area contributed by atoms with Crippen molar-refractivity contribution in [2.24, 2.45) is 0 Å². The van der Waals surface area contributed by atoms with Gasteiger partial charge in [-0.1, -0.05) is 0 Å². The summed E-state index contributed by atoms with van der Waals surface area (Å²) in [6, 6.07) is 0.466. The van der Waals surface area contributed by atoms with Gasteiger partial charge in [0, 0.05) is 18.2 Å². The van der Waals surface area contributed by atoms with Crippen LogP contribution < -0.4 is 5.32 Å². The van der Waals surface area contributed by atoms with Crippen molar-refractivity contribution in [2.75, 3.05) is 13.2 Å². The Balaban J connectivity index is 1.70. The number of hydrogen-bond donors (Lipinski definition) is 2. The summed E-state index contributed by atoms with van der Waals surface area (Å²) >= 11 is 0. The third kappa shape index (κ3) is 2.47.